The van der Waals surface area contributed by atoms with Crippen molar-refractivity contribution in [1.29, 1.82) is 0 Å². The Morgan fingerprint density at radius 3 is 2.29 bits per heavy atom. The molecule has 0 saturated heterocycles. The zero-order chi connectivity index (χ0) is 10.6. The number of benzene rings is 1. The first-order chi connectivity index (χ1) is 6.59. The standard InChI is InChI=1S/C11H13NO2/c1-12(2)10-6-3-9(4-7-10)5-8-11(13)14/h3-8H,1-2H3,(H,13,14)/b8-5+/i11+1. The minimum Gasteiger partial charge on any atom is -0.478 e. The fraction of sp³-hybridized carbons (Fsp3) is 0.182. The summed E-state index contributed by atoms with van der Waals surface area (Å²) in [5, 5.41) is 8.42. The molecule has 1 aromatic carbocycles. The summed E-state index contributed by atoms with van der Waals surface area (Å²) < 4.78 is 0. The van der Waals surface area contributed by atoms with Crippen LogP contribution in [0.4, 0.5) is 5.69 Å². The van der Waals surface area contributed by atoms with E-state index >= 15 is 0 Å². The fourth-order valence-electron chi connectivity index (χ4n) is 1.05. The van der Waals surface area contributed by atoms with Gasteiger partial charge in [-0.15, -0.1) is 0 Å². The molecule has 1 rings (SSSR count). The van der Waals surface area contributed by atoms with Crippen LogP contribution >= 0.6 is 0 Å². The van der Waals surface area contributed by atoms with Crippen LogP contribution in [0.2, 0.25) is 0 Å². The first-order valence-electron chi connectivity index (χ1n) is 4.28. The summed E-state index contributed by atoms with van der Waals surface area (Å²) in [7, 11) is 3.92. The Labute approximate surface area is 83.3 Å². The lowest BCUT2D eigenvalue weighted by atomic mass is 10.2. The number of carbonyl (C=O) groups is 1. The van der Waals surface area contributed by atoms with Gasteiger partial charge in [-0.25, -0.2) is 4.79 Å². The summed E-state index contributed by atoms with van der Waals surface area (Å²) in [6, 6.07) is 7.66. The van der Waals surface area contributed by atoms with Gasteiger partial charge in [0, 0.05) is 25.9 Å². The molecule has 0 aliphatic heterocycles. The fourth-order valence-corrected chi connectivity index (χ4v) is 1.05. The molecular formula is C11H13NO2. The van der Waals surface area contributed by atoms with Crippen LogP contribution in [0, 0.1) is 0 Å². The maximum Gasteiger partial charge on any atom is 0.328 e. The smallest absolute Gasteiger partial charge is 0.328 e. The normalized spacial score (nSPS) is 10.4. The molecule has 1 N–H and O–H groups in total. The van der Waals surface area contributed by atoms with Crippen molar-refractivity contribution in [2.24, 2.45) is 0 Å². The van der Waals surface area contributed by atoms with Crippen LogP contribution in [0.15, 0.2) is 30.3 Å². The Hall–Kier alpha value is -1.77. The van der Waals surface area contributed by atoms with Gasteiger partial charge >= 0.3 is 5.97 Å². The highest BCUT2D eigenvalue weighted by Crippen LogP contribution is 2.12. The number of aliphatic carboxylic acids is 1. The molecule has 0 unspecified atom stereocenters. The van der Waals surface area contributed by atoms with Crippen molar-refractivity contribution in [3.8, 4) is 0 Å². The largest absolute Gasteiger partial charge is 0.478 e. The zero-order valence-electron chi connectivity index (χ0n) is 8.27. The van der Waals surface area contributed by atoms with Gasteiger partial charge in [-0.1, -0.05) is 12.1 Å². The summed E-state index contributed by atoms with van der Waals surface area (Å²) in [6.45, 7) is 0. The van der Waals surface area contributed by atoms with E-state index in [9.17, 15) is 4.79 Å². The van der Waals surface area contributed by atoms with Crippen LogP contribution in [0.5, 0.6) is 0 Å². The van der Waals surface area contributed by atoms with Gasteiger partial charge < -0.3 is 10.0 Å². The molecule has 0 fully saturated rings. The first kappa shape index (κ1) is 10.3. The second-order valence-electron chi connectivity index (χ2n) is 3.16. The Morgan fingerprint density at radius 2 is 1.86 bits per heavy atom. The van der Waals surface area contributed by atoms with Gasteiger partial charge in [0.05, 0.1) is 0 Å². The molecule has 74 valence electrons. The Bertz CT molecular complexity index is 339. The van der Waals surface area contributed by atoms with Gasteiger partial charge in [-0.2, -0.15) is 0 Å². The van der Waals surface area contributed by atoms with E-state index in [1.807, 2.05) is 43.3 Å². The SMILES string of the molecule is CN(C)c1ccc(/C=C/[13C](=O)O)cc1. The molecule has 0 radical (unpaired) electrons. The van der Waals surface area contributed by atoms with Gasteiger partial charge in [0.25, 0.3) is 0 Å². The van der Waals surface area contributed by atoms with Crippen LogP contribution in [-0.4, -0.2) is 25.2 Å². The van der Waals surface area contributed by atoms with Gasteiger partial charge in [0.2, 0.25) is 0 Å². The summed E-state index contributed by atoms with van der Waals surface area (Å²) in [5.74, 6) is -0.929. The van der Waals surface area contributed by atoms with E-state index in [-0.39, 0.29) is 0 Å². The minimum absolute atomic E-state index is 0.887. The monoisotopic (exact) mass is 192 g/mol. The molecule has 0 aliphatic carbocycles. The van der Waals surface area contributed by atoms with Crippen molar-refractivity contribution in [3.63, 3.8) is 0 Å². The maximum absolute atomic E-state index is 10.3. The topological polar surface area (TPSA) is 40.5 Å². The van der Waals surface area contributed by atoms with Gasteiger partial charge in [-0.3, -0.25) is 0 Å². The summed E-state index contributed by atoms with van der Waals surface area (Å²) in [5.41, 5.74) is 1.98. The second-order valence-corrected chi connectivity index (χ2v) is 3.16. The molecule has 0 aliphatic rings. The van der Waals surface area contributed by atoms with E-state index in [1.165, 1.54) is 0 Å². The molecule has 0 atom stereocenters. The van der Waals surface area contributed by atoms with E-state index in [0.29, 0.717) is 0 Å². The van der Waals surface area contributed by atoms with Crippen LogP contribution in [0.25, 0.3) is 6.08 Å². The Balaban J connectivity index is 2.78. The number of nitrogens with zero attached hydrogens (tertiary/aromatic N) is 1. The molecule has 0 spiro atoms. The number of rotatable bonds is 3. The van der Waals surface area contributed by atoms with Crippen LogP contribution in [0.1, 0.15) is 5.56 Å². The van der Waals surface area contributed by atoms with Gasteiger partial charge in [0.15, 0.2) is 0 Å². The molecule has 1 aromatic rings. The molecule has 14 heavy (non-hydrogen) atoms. The third-order valence-electron chi connectivity index (χ3n) is 1.83. The third kappa shape index (κ3) is 2.94. The number of anilines is 1. The van der Waals surface area contributed by atoms with E-state index in [4.69, 9.17) is 5.11 Å². The quantitative estimate of drug-likeness (QED) is 0.587. The molecule has 0 amide bonds. The zero-order valence-corrected chi connectivity index (χ0v) is 8.27. The Kier molecular flexibility index (Phi) is 3.29. The van der Waals surface area contributed by atoms with E-state index in [2.05, 4.69) is 0 Å². The molecular weight excluding hydrogens is 179 g/mol. The van der Waals surface area contributed by atoms with Gasteiger partial charge in [0.1, 0.15) is 0 Å². The van der Waals surface area contributed by atoms with Gasteiger partial charge in [-0.05, 0) is 23.8 Å². The van der Waals surface area contributed by atoms with Crippen LogP contribution < -0.4 is 4.90 Å². The van der Waals surface area contributed by atoms with E-state index in [0.717, 1.165) is 17.3 Å². The number of carboxylic acids is 1. The highest BCUT2D eigenvalue weighted by atomic mass is 16.5. The molecule has 3 nitrogen and oxygen atoms in total. The lowest BCUT2D eigenvalue weighted by molar-refractivity contribution is -0.131. The average Bonchev–Trinajstić information content (AvgIpc) is 2.15. The van der Waals surface area contributed by atoms with E-state index < -0.39 is 5.97 Å². The van der Waals surface area contributed by atoms with Crippen molar-refractivity contribution in [1.82, 2.24) is 0 Å². The third-order valence-corrected chi connectivity index (χ3v) is 1.83. The van der Waals surface area contributed by atoms with Crippen molar-refractivity contribution < 1.29 is 9.90 Å². The number of hydrogen-bond acceptors (Lipinski definition) is 2. The molecule has 0 saturated carbocycles. The van der Waals surface area contributed by atoms with Crippen LogP contribution in [0.3, 0.4) is 0 Å². The van der Waals surface area contributed by atoms with Crippen LogP contribution in [-0.2, 0) is 4.79 Å². The van der Waals surface area contributed by atoms with Crippen molar-refractivity contribution in [2.45, 2.75) is 0 Å². The predicted octanol–water partition coefficient (Wildman–Crippen LogP) is 1.85. The average molecular weight is 192 g/mol. The lowest BCUT2D eigenvalue weighted by Gasteiger charge is -2.11. The molecule has 0 bridgehead atoms. The highest BCUT2D eigenvalue weighted by Gasteiger charge is 1.93. The molecule has 0 heterocycles. The lowest BCUT2D eigenvalue weighted by Crippen LogP contribution is -2.07. The van der Waals surface area contributed by atoms with Crippen molar-refractivity contribution in [2.75, 3.05) is 19.0 Å². The summed E-state index contributed by atoms with van der Waals surface area (Å²) in [6.07, 6.45) is 2.70. The molecule has 0 aromatic heterocycles. The first-order valence-corrected chi connectivity index (χ1v) is 4.28. The number of carboxylic acid groups (broad SMARTS) is 1. The van der Waals surface area contributed by atoms with Crippen molar-refractivity contribution >= 4 is 17.7 Å². The predicted molar refractivity (Wildman–Crippen MR) is 57.4 cm³/mol. The highest BCUT2D eigenvalue weighted by molar-refractivity contribution is 5.85. The number of hydrogen-bond donors (Lipinski definition) is 1. The van der Waals surface area contributed by atoms with Crippen molar-refractivity contribution in [3.05, 3.63) is 35.9 Å². The maximum atomic E-state index is 10.3. The Morgan fingerprint density at radius 1 is 1.29 bits per heavy atom. The van der Waals surface area contributed by atoms with E-state index in [1.54, 1.807) is 6.08 Å². The minimum atomic E-state index is -0.929. The second kappa shape index (κ2) is 4.46. The summed E-state index contributed by atoms with van der Waals surface area (Å²) >= 11 is 0. The summed E-state index contributed by atoms with van der Waals surface area (Å²) in [4.78, 5) is 12.2. The molecule has 3 heteroatoms.